The molecular weight excluding hydrogens is 564 g/mol. The Balaban J connectivity index is 1.32. The van der Waals surface area contributed by atoms with Crippen molar-refractivity contribution < 1.29 is 14.7 Å². The number of amides is 1. The number of aliphatic carboxylic acids is 1. The van der Waals surface area contributed by atoms with Crippen LogP contribution in [0.2, 0.25) is 0 Å². The zero-order valence-electron chi connectivity index (χ0n) is 24.9. The summed E-state index contributed by atoms with van der Waals surface area (Å²) in [6.45, 7) is 3.79. The average Bonchev–Trinajstić information content (AvgIpc) is 3.42. The highest BCUT2D eigenvalue weighted by atomic mass is 16.4. The van der Waals surface area contributed by atoms with Crippen molar-refractivity contribution in [3.63, 3.8) is 0 Å². The number of carboxylic acids is 1. The first-order valence-electron chi connectivity index (χ1n) is 14.7. The van der Waals surface area contributed by atoms with Crippen LogP contribution in [0.4, 0.5) is 17.3 Å². The molecular formula is C36H32N6O3. The Morgan fingerprint density at radius 2 is 1.62 bits per heavy atom. The van der Waals surface area contributed by atoms with E-state index in [1.807, 2.05) is 128 Å². The predicted octanol–water partition coefficient (Wildman–Crippen LogP) is 7.21. The van der Waals surface area contributed by atoms with Gasteiger partial charge in [0.25, 0.3) is 0 Å². The van der Waals surface area contributed by atoms with Crippen molar-refractivity contribution >= 4 is 34.8 Å². The number of fused-ring (bicyclic) bond motifs is 1. The van der Waals surface area contributed by atoms with Gasteiger partial charge >= 0.3 is 5.97 Å². The number of carbonyl (C=O) groups is 2. The lowest BCUT2D eigenvalue weighted by molar-refractivity contribution is -0.139. The Bertz CT molecular complexity index is 1990. The van der Waals surface area contributed by atoms with Crippen LogP contribution in [-0.4, -0.2) is 36.3 Å². The van der Waals surface area contributed by atoms with Gasteiger partial charge in [-0.3, -0.25) is 14.0 Å². The van der Waals surface area contributed by atoms with Gasteiger partial charge in [-0.25, -0.2) is 15.0 Å². The van der Waals surface area contributed by atoms with Gasteiger partial charge in [0.1, 0.15) is 5.65 Å². The lowest BCUT2D eigenvalue weighted by Gasteiger charge is -2.17. The SMILES string of the molecule is CC(C)C(C(=O)O)c1cccc(Nc2nccc(-c3c(-c4cccc(NC(=O)Cc5ccccc5)c4)nc4ccccn34)n2)c1. The van der Waals surface area contributed by atoms with Crippen molar-refractivity contribution in [2.75, 3.05) is 10.6 Å². The van der Waals surface area contributed by atoms with E-state index in [0.29, 0.717) is 34.3 Å². The van der Waals surface area contributed by atoms with Gasteiger partial charge < -0.3 is 15.7 Å². The number of hydrogen-bond donors (Lipinski definition) is 3. The molecule has 1 amide bonds. The number of imidazole rings is 1. The fraction of sp³-hybridized carbons (Fsp3) is 0.139. The van der Waals surface area contributed by atoms with Crippen LogP contribution in [0, 0.1) is 5.92 Å². The van der Waals surface area contributed by atoms with Crippen molar-refractivity contribution in [3.8, 4) is 22.6 Å². The lowest BCUT2D eigenvalue weighted by Crippen LogP contribution is -2.17. The normalized spacial score (nSPS) is 11.8. The summed E-state index contributed by atoms with van der Waals surface area (Å²) in [4.78, 5) is 38.9. The minimum atomic E-state index is -0.861. The average molecular weight is 597 g/mol. The fourth-order valence-corrected chi connectivity index (χ4v) is 5.47. The maximum absolute atomic E-state index is 12.8. The molecule has 3 aromatic heterocycles. The highest BCUT2D eigenvalue weighted by Gasteiger charge is 2.24. The quantitative estimate of drug-likeness (QED) is 0.153. The van der Waals surface area contributed by atoms with Gasteiger partial charge in [-0.15, -0.1) is 0 Å². The molecule has 9 nitrogen and oxygen atoms in total. The minimum Gasteiger partial charge on any atom is -0.481 e. The Morgan fingerprint density at radius 3 is 2.42 bits per heavy atom. The molecule has 0 saturated carbocycles. The van der Waals surface area contributed by atoms with Crippen LogP contribution >= 0.6 is 0 Å². The molecule has 1 atom stereocenters. The number of anilines is 3. The second-order valence-corrected chi connectivity index (χ2v) is 11.1. The second kappa shape index (κ2) is 12.8. The van der Waals surface area contributed by atoms with E-state index in [1.165, 1.54) is 0 Å². The summed E-state index contributed by atoms with van der Waals surface area (Å²) in [6, 6.07) is 32.2. The van der Waals surface area contributed by atoms with Crippen molar-refractivity contribution in [1.29, 1.82) is 0 Å². The molecule has 45 heavy (non-hydrogen) atoms. The molecule has 0 saturated heterocycles. The summed E-state index contributed by atoms with van der Waals surface area (Å²) < 4.78 is 1.98. The molecule has 9 heteroatoms. The van der Waals surface area contributed by atoms with Crippen LogP contribution < -0.4 is 10.6 Å². The fourth-order valence-electron chi connectivity index (χ4n) is 5.47. The van der Waals surface area contributed by atoms with Gasteiger partial charge in [-0.05, 0) is 59.5 Å². The second-order valence-electron chi connectivity index (χ2n) is 11.1. The van der Waals surface area contributed by atoms with E-state index in [-0.39, 0.29) is 18.2 Å². The van der Waals surface area contributed by atoms with Crippen molar-refractivity contribution in [2.24, 2.45) is 5.92 Å². The first-order valence-corrected chi connectivity index (χ1v) is 14.7. The number of hydrogen-bond acceptors (Lipinski definition) is 6. The van der Waals surface area contributed by atoms with E-state index in [9.17, 15) is 14.7 Å². The molecule has 0 aliphatic heterocycles. The number of nitrogens with zero attached hydrogens (tertiary/aromatic N) is 4. The van der Waals surface area contributed by atoms with Crippen LogP contribution in [0.15, 0.2) is 116 Å². The monoisotopic (exact) mass is 596 g/mol. The first kappa shape index (κ1) is 29.3. The third kappa shape index (κ3) is 6.57. The largest absolute Gasteiger partial charge is 0.481 e. The standard InChI is InChI=1S/C36H32N6O3/c1-23(2)32(35(44)45)25-12-8-15-28(21-25)39-36-37-18-17-29(40-36)34-33(41-30-16-6-7-19-42(30)34)26-13-9-14-27(22-26)38-31(43)20-24-10-4-3-5-11-24/h3-19,21-23,32H,20H2,1-2H3,(H,38,43)(H,44,45)(H,37,39,40). The molecule has 6 rings (SSSR count). The highest BCUT2D eigenvalue weighted by Crippen LogP contribution is 2.34. The molecule has 224 valence electrons. The molecule has 0 fully saturated rings. The molecule has 0 bridgehead atoms. The maximum Gasteiger partial charge on any atom is 0.311 e. The van der Waals surface area contributed by atoms with E-state index in [0.717, 1.165) is 22.5 Å². The first-order chi connectivity index (χ1) is 21.9. The number of pyridine rings is 1. The molecule has 0 aliphatic carbocycles. The Kier molecular flexibility index (Phi) is 8.32. The van der Waals surface area contributed by atoms with Crippen LogP contribution in [0.5, 0.6) is 0 Å². The molecule has 0 spiro atoms. The van der Waals surface area contributed by atoms with Crippen molar-refractivity contribution in [2.45, 2.75) is 26.2 Å². The van der Waals surface area contributed by atoms with Crippen LogP contribution in [0.3, 0.4) is 0 Å². The van der Waals surface area contributed by atoms with E-state index < -0.39 is 11.9 Å². The number of carbonyl (C=O) groups excluding carboxylic acids is 1. The summed E-state index contributed by atoms with van der Waals surface area (Å²) in [5, 5.41) is 16.0. The molecule has 1 unspecified atom stereocenters. The maximum atomic E-state index is 12.8. The molecule has 3 aromatic carbocycles. The van der Waals surface area contributed by atoms with Crippen molar-refractivity contribution in [1.82, 2.24) is 19.4 Å². The minimum absolute atomic E-state index is 0.0680. The lowest BCUT2D eigenvalue weighted by atomic mass is 9.88. The molecule has 3 N–H and O–H groups in total. The van der Waals surface area contributed by atoms with Gasteiger partial charge in [0.2, 0.25) is 11.9 Å². The molecule has 0 aliphatic rings. The van der Waals surface area contributed by atoms with E-state index in [2.05, 4.69) is 15.6 Å². The summed E-state index contributed by atoms with van der Waals surface area (Å²) >= 11 is 0. The number of benzene rings is 3. The van der Waals surface area contributed by atoms with E-state index in [4.69, 9.17) is 9.97 Å². The van der Waals surface area contributed by atoms with E-state index in [1.54, 1.807) is 6.20 Å². The third-order valence-electron chi connectivity index (χ3n) is 7.49. The van der Waals surface area contributed by atoms with Gasteiger partial charge in [0.05, 0.1) is 29.4 Å². The topological polar surface area (TPSA) is 122 Å². The summed E-state index contributed by atoms with van der Waals surface area (Å²) in [6.07, 6.45) is 3.89. The molecule has 6 aromatic rings. The van der Waals surface area contributed by atoms with Gasteiger partial charge in [-0.1, -0.05) is 74.5 Å². The number of rotatable bonds is 10. The van der Waals surface area contributed by atoms with Crippen LogP contribution in [0.25, 0.3) is 28.3 Å². The van der Waals surface area contributed by atoms with Crippen molar-refractivity contribution in [3.05, 3.63) is 127 Å². The number of aromatic nitrogens is 4. The zero-order chi connectivity index (χ0) is 31.3. The van der Waals surface area contributed by atoms with Gasteiger partial charge in [-0.2, -0.15) is 0 Å². The number of nitrogens with one attached hydrogen (secondary N) is 2. The van der Waals surface area contributed by atoms with Crippen LogP contribution in [0.1, 0.15) is 30.9 Å². The van der Waals surface area contributed by atoms with Gasteiger partial charge in [0.15, 0.2) is 0 Å². The summed E-state index contributed by atoms with van der Waals surface area (Å²) in [5.74, 6) is -1.30. The Labute approximate surface area is 260 Å². The third-order valence-corrected chi connectivity index (χ3v) is 7.49. The van der Waals surface area contributed by atoms with Gasteiger partial charge in [0, 0.05) is 29.3 Å². The van der Waals surface area contributed by atoms with Crippen LogP contribution in [-0.2, 0) is 16.0 Å². The smallest absolute Gasteiger partial charge is 0.311 e. The summed E-state index contributed by atoms with van der Waals surface area (Å²) in [7, 11) is 0. The molecule has 3 heterocycles. The summed E-state index contributed by atoms with van der Waals surface area (Å²) in [5.41, 5.74) is 6.68. The Morgan fingerprint density at radius 1 is 0.844 bits per heavy atom. The highest BCUT2D eigenvalue weighted by molar-refractivity contribution is 5.93. The zero-order valence-corrected chi connectivity index (χ0v) is 24.9. The van der Waals surface area contributed by atoms with E-state index >= 15 is 0 Å². The number of carboxylic acid groups (broad SMARTS) is 1. The predicted molar refractivity (Wildman–Crippen MR) is 175 cm³/mol. The Hall–Kier alpha value is -5.83. The molecule has 0 radical (unpaired) electrons.